The number of unbranched alkanes of at least 4 members (excludes halogenated alkanes) is 1. The van der Waals surface area contributed by atoms with Crippen LogP contribution in [0.15, 0.2) is 65.8 Å². The van der Waals surface area contributed by atoms with E-state index in [1.807, 2.05) is 0 Å². The molecule has 0 saturated carbocycles. The number of carbonyl (C=O) groups excluding carboxylic acids is 9. The number of para-hydroxylation sites is 1. The van der Waals surface area contributed by atoms with Gasteiger partial charge < -0.3 is 79.1 Å². The van der Waals surface area contributed by atoms with Crippen molar-refractivity contribution < 1.29 is 81.6 Å². The summed E-state index contributed by atoms with van der Waals surface area (Å²) in [6.07, 6.45) is -2.78. The lowest BCUT2D eigenvalue weighted by molar-refractivity contribution is -0.143. The number of fused-ring (bicyclic) bond motifs is 1. The first-order valence-electron chi connectivity index (χ1n) is 27.5. The zero-order valence-corrected chi connectivity index (χ0v) is 48.9. The van der Waals surface area contributed by atoms with Gasteiger partial charge in [-0.25, -0.2) is 13.6 Å². The van der Waals surface area contributed by atoms with Crippen LogP contribution in [-0.4, -0.2) is 201 Å². The van der Waals surface area contributed by atoms with Gasteiger partial charge >= 0.3 is 17.9 Å². The van der Waals surface area contributed by atoms with Gasteiger partial charge in [0.15, 0.2) is 5.96 Å². The number of aromatic nitrogens is 1. The number of guanidine groups is 1. The summed E-state index contributed by atoms with van der Waals surface area (Å²) < 4.78 is 27.9. The van der Waals surface area contributed by atoms with Gasteiger partial charge in [0.1, 0.15) is 42.3 Å². The SMILES string of the molecule is CN(C)C(N)=NCCC[C@H](NC(=O)CCC(=O)Nc1cccc2c(C(=O)NCC(=O)N3CC(F)(F)C[C@H]3C#N)ccnc12)C(=O)N[C@@H](Cc1ccccc1)C(=O)N[C@@H](CC(=O)O)C(=O)N[C@@H](CCCCN)C(=O)N[C@@H](CC(=O)O)C(=O)N[C@H](CS)C(=O)O. The predicted octanol–water partition coefficient (Wildman–Crippen LogP) is -1.66. The third-order valence-electron chi connectivity index (χ3n) is 13.4. The number of halogens is 2. The lowest BCUT2D eigenvalue weighted by Gasteiger charge is -2.27. The van der Waals surface area contributed by atoms with Gasteiger partial charge in [0.05, 0.1) is 48.8 Å². The van der Waals surface area contributed by atoms with Gasteiger partial charge in [0.25, 0.3) is 11.8 Å². The van der Waals surface area contributed by atoms with E-state index in [9.17, 15) is 86.9 Å². The highest BCUT2D eigenvalue weighted by atomic mass is 32.1. The average Bonchev–Trinajstić information content (AvgIpc) is 3.69. The second-order valence-electron chi connectivity index (χ2n) is 20.4. The van der Waals surface area contributed by atoms with Crippen LogP contribution in [0.2, 0.25) is 0 Å². The van der Waals surface area contributed by atoms with Crippen molar-refractivity contribution in [1.82, 2.24) is 52.0 Å². The van der Waals surface area contributed by atoms with Gasteiger partial charge in [-0.3, -0.25) is 62.7 Å². The number of thiol groups is 1. The Bertz CT molecular complexity index is 3120. The van der Waals surface area contributed by atoms with E-state index in [-0.39, 0.29) is 73.3 Å². The minimum absolute atomic E-state index is 0.00745. The quantitative estimate of drug-likeness (QED) is 0.0138. The lowest BCUT2D eigenvalue weighted by atomic mass is 10.0. The summed E-state index contributed by atoms with van der Waals surface area (Å²) in [6, 6.07) is 4.04. The lowest BCUT2D eigenvalue weighted by Crippen LogP contribution is -2.60. The summed E-state index contributed by atoms with van der Waals surface area (Å²) in [5.74, 6) is -17.2. The Kier molecular flexibility index (Phi) is 27.8. The fourth-order valence-corrected chi connectivity index (χ4v) is 9.01. The van der Waals surface area contributed by atoms with Crippen LogP contribution in [0, 0.1) is 11.3 Å². The molecule has 88 heavy (non-hydrogen) atoms. The molecule has 1 aromatic heterocycles. The molecule has 2 heterocycles. The monoisotopic (exact) mass is 1250 g/mol. The number of amides is 9. The standard InChI is InChI=1S/C55H71F2N15O15S/c1-71(2)54(60)62-20-9-15-35(65-42(74)17-16-41(73)64-34-14-8-12-32-33(18-21-61-46(32)34)47(80)63-27-43(75)72-29-55(56,57)25-31(72)26-59)48(81)67-37(22-30-10-4-3-5-11-30)50(83)69-38(23-44(76)77)51(84)66-36(13-6-7-19-58)49(82)68-39(24-45(78)79)52(85)70-40(28-88)53(86)87/h3-5,8,10-12,14,18,21,31,35-40,88H,6-7,9,13,15-17,19-20,22-25,27-29,58H2,1-2H3,(H2,60,62)(H,63,80)(H,64,73)(H,65,74)(H,66,84)(H,67,81)(H,68,82)(H,69,83)(H,70,85)(H,76,77)(H,78,79)(H,86,87)/t31-,35-,36-,37-,38-,39-,40+/m0/s1. The van der Waals surface area contributed by atoms with E-state index in [0.29, 0.717) is 16.9 Å². The van der Waals surface area contributed by atoms with Crippen LogP contribution in [0.3, 0.4) is 0 Å². The van der Waals surface area contributed by atoms with Crippen molar-refractivity contribution in [3.05, 3.63) is 71.9 Å². The maximum Gasteiger partial charge on any atom is 0.327 e. The average molecular weight is 1250 g/mol. The highest BCUT2D eigenvalue weighted by Crippen LogP contribution is 2.32. The molecule has 1 aliphatic heterocycles. The highest BCUT2D eigenvalue weighted by molar-refractivity contribution is 7.80. The number of likely N-dealkylation sites (tertiary alicyclic amines) is 1. The molecule has 7 atom stereocenters. The number of pyridine rings is 1. The Morgan fingerprint density at radius 2 is 1.31 bits per heavy atom. The van der Waals surface area contributed by atoms with E-state index in [0.717, 1.165) is 0 Å². The Labute approximate surface area is 508 Å². The van der Waals surface area contributed by atoms with E-state index < -0.39 is 170 Å². The fraction of sp³-hybridized carbons (Fsp3) is 0.473. The number of carbonyl (C=O) groups is 12. The predicted molar refractivity (Wildman–Crippen MR) is 313 cm³/mol. The first kappa shape index (κ1) is 70.9. The van der Waals surface area contributed by atoms with E-state index in [4.69, 9.17) is 11.5 Å². The van der Waals surface area contributed by atoms with Gasteiger partial charge in [0, 0.05) is 63.7 Å². The summed E-state index contributed by atoms with van der Waals surface area (Å²) in [6.45, 7) is -1.51. The van der Waals surface area contributed by atoms with Gasteiger partial charge in [0.2, 0.25) is 47.3 Å². The van der Waals surface area contributed by atoms with Crippen molar-refractivity contribution in [2.24, 2.45) is 16.5 Å². The topological polar surface area (TPSA) is 469 Å². The molecule has 0 unspecified atom stereocenters. The number of carboxylic acids is 3. The van der Waals surface area contributed by atoms with Gasteiger partial charge in [-0.2, -0.15) is 17.9 Å². The smallest absolute Gasteiger partial charge is 0.327 e. The van der Waals surface area contributed by atoms with Gasteiger partial charge in [-0.05, 0) is 56.3 Å². The van der Waals surface area contributed by atoms with Crippen molar-refractivity contribution in [2.75, 3.05) is 51.3 Å². The largest absolute Gasteiger partial charge is 0.481 e. The first-order chi connectivity index (χ1) is 41.7. The van der Waals surface area contributed by atoms with Crippen LogP contribution >= 0.6 is 12.6 Å². The molecule has 15 N–H and O–H groups in total. The minimum Gasteiger partial charge on any atom is -0.481 e. The second-order valence-corrected chi connectivity index (χ2v) is 20.8. The molecular weight excluding hydrogens is 1180 g/mol. The van der Waals surface area contributed by atoms with Gasteiger partial charge in [-0.15, -0.1) is 0 Å². The van der Waals surface area contributed by atoms with Crippen LogP contribution in [0.5, 0.6) is 0 Å². The number of hydrogen-bond acceptors (Lipinski definition) is 17. The molecular formula is C55H71F2N15O15S. The van der Waals surface area contributed by atoms with Crippen LogP contribution in [0.25, 0.3) is 10.9 Å². The number of benzene rings is 2. The van der Waals surface area contributed by atoms with E-state index in [1.165, 1.54) is 35.4 Å². The molecule has 0 aliphatic carbocycles. The Morgan fingerprint density at radius 3 is 1.89 bits per heavy atom. The summed E-state index contributed by atoms with van der Waals surface area (Å²) in [4.78, 5) is 169. The molecule has 3 aromatic rings. The molecule has 9 amide bonds. The number of alkyl halides is 2. The number of nitriles is 1. The molecule has 1 saturated heterocycles. The molecule has 1 fully saturated rings. The third-order valence-corrected chi connectivity index (χ3v) is 13.7. The van der Waals surface area contributed by atoms with Crippen molar-refractivity contribution in [3.8, 4) is 6.07 Å². The number of nitrogens with zero attached hydrogens (tertiary/aromatic N) is 5. The van der Waals surface area contributed by atoms with Crippen LogP contribution < -0.4 is 54.0 Å². The second kappa shape index (κ2) is 34.5. The van der Waals surface area contributed by atoms with Crippen molar-refractivity contribution in [1.29, 1.82) is 5.26 Å². The molecule has 476 valence electrons. The summed E-state index contributed by atoms with van der Waals surface area (Å²) in [7, 11) is 3.28. The number of anilines is 1. The number of nitrogens with one attached hydrogen (secondary N) is 8. The zero-order valence-electron chi connectivity index (χ0n) is 48.0. The minimum atomic E-state index is -3.27. The van der Waals surface area contributed by atoms with Crippen molar-refractivity contribution in [3.63, 3.8) is 0 Å². The van der Waals surface area contributed by atoms with Crippen LogP contribution in [0.1, 0.15) is 80.1 Å². The molecule has 1 aliphatic rings. The number of rotatable bonds is 34. The summed E-state index contributed by atoms with van der Waals surface area (Å²) >= 11 is 3.87. The summed E-state index contributed by atoms with van der Waals surface area (Å²) in [5, 5.41) is 57.4. The molecule has 30 nitrogen and oxygen atoms in total. The maximum absolute atomic E-state index is 14.4. The fourth-order valence-electron chi connectivity index (χ4n) is 8.76. The van der Waals surface area contributed by atoms with Gasteiger partial charge in [-0.1, -0.05) is 42.5 Å². The zero-order chi connectivity index (χ0) is 65.3. The Hall–Kier alpha value is -9.58. The number of hydrogen-bond donors (Lipinski definition) is 14. The molecule has 4 rings (SSSR count). The Balaban J connectivity index is 1.53. The molecule has 0 spiro atoms. The molecule has 2 aromatic carbocycles. The molecule has 0 radical (unpaired) electrons. The van der Waals surface area contributed by atoms with Crippen molar-refractivity contribution in [2.45, 2.75) is 119 Å². The normalized spacial score (nSPS) is 15.5. The number of nitrogens with two attached hydrogens (primary N) is 2. The van der Waals surface area contributed by atoms with Crippen molar-refractivity contribution >= 4 is 106 Å². The first-order valence-corrected chi connectivity index (χ1v) is 28.1. The molecule has 0 bridgehead atoms. The third kappa shape index (κ3) is 22.7. The van der Waals surface area contributed by atoms with E-state index in [1.54, 1.807) is 50.5 Å². The van der Waals surface area contributed by atoms with Crippen LogP contribution in [-0.2, 0) is 59.2 Å². The number of aliphatic carboxylic acids is 3. The maximum atomic E-state index is 14.4. The van der Waals surface area contributed by atoms with E-state index >= 15 is 0 Å². The highest BCUT2D eigenvalue weighted by Gasteiger charge is 2.47. The number of carboxylic acid groups (broad SMARTS) is 3. The van der Waals surface area contributed by atoms with E-state index in [2.05, 4.69) is 65.1 Å². The molecule has 33 heteroatoms. The summed E-state index contributed by atoms with van der Waals surface area (Å²) in [5.41, 5.74) is 12.3. The van der Waals surface area contributed by atoms with Crippen LogP contribution in [0.4, 0.5) is 14.5 Å². The Morgan fingerprint density at radius 1 is 0.750 bits per heavy atom. The number of aliphatic imine (C=N–C) groups is 1.